The largest absolute Gasteiger partial charge is 0.317 e. The molecule has 1 heterocycles. The molecule has 1 aromatic carbocycles. The van der Waals surface area contributed by atoms with E-state index in [0.29, 0.717) is 4.80 Å². The van der Waals surface area contributed by atoms with Gasteiger partial charge >= 0.3 is 0 Å². The summed E-state index contributed by atoms with van der Waals surface area (Å²) >= 11 is 1.50. The van der Waals surface area contributed by atoms with Crippen LogP contribution in [0.1, 0.15) is 18.2 Å². The van der Waals surface area contributed by atoms with Gasteiger partial charge in [-0.3, -0.25) is 5.41 Å². The predicted molar refractivity (Wildman–Crippen MR) is 63.1 cm³/mol. The standard InChI is InChI=1S/C12H14N2S/c1-2-11-9-15-12(13)14(11)8-10-6-4-3-5-7-10/h3-7,9,13H,2,8H2,1H3. The molecule has 0 spiro atoms. The molecule has 15 heavy (non-hydrogen) atoms. The van der Waals surface area contributed by atoms with Crippen LogP contribution >= 0.6 is 11.3 Å². The Labute approximate surface area is 93.3 Å². The predicted octanol–water partition coefficient (Wildman–Crippen LogP) is 2.64. The number of hydrogen-bond donors (Lipinski definition) is 1. The van der Waals surface area contributed by atoms with Crippen molar-refractivity contribution < 1.29 is 0 Å². The molecule has 2 rings (SSSR count). The lowest BCUT2D eigenvalue weighted by Crippen LogP contribution is -2.16. The van der Waals surface area contributed by atoms with Crippen LogP contribution in [0.3, 0.4) is 0 Å². The zero-order valence-corrected chi connectivity index (χ0v) is 9.55. The van der Waals surface area contributed by atoms with Crippen LogP contribution in [0.25, 0.3) is 0 Å². The van der Waals surface area contributed by atoms with Crippen molar-refractivity contribution in [3.8, 4) is 0 Å². The number of thiazole rings is 1. The molecule has 0 aliphatic carbocycles. The second kappa shape index (κ2) is 4.45. The first-order valence-electron chi connectivity index (χ1n) is 5.07. The van der Waals surface area contributed by atoms with E-state index in [1.807, 2.05) is 18.2 Å². The smallest absolute Gasteiger partial charge is 0.182 e. The van der Waals surface area contributed by atoms with Crippen LogP contribution < -0.4 is 4.80 Å². The van der Waals surface area contributed by atoms with Crippen LogP contribution in [0.2, 0.25) is 0 Å². The molecule has 0 amide bonds. The van der Waals surface area contributed by atoms with Crippen molar-refractivity contribution in [3.63, 3.8) is 0 Å². The van der Waals surface area contributed by atoms with E-state index < -0.39 is 0 Å². The van der Waals surface area contributed by atoms with Crippen LogP contribution in [-0.4, -0.2) is 4.57 Å². The Balaban J connectivity index is 2.32. The van der Waals surface area contributed by atoms with Crippen molar-refractivity contribution in [2.45, 2.75) is 19.9 Å². The third kappa shape index (κ3) is 2.18. The summed E-state index contributed by atoms with van der Waals surface area (Å²) in [5.74, 6) is 0. The maximum Gasteiger partial charge on any atom is 0.182 e. The van der Waals surface area contributed by atoms with Gasteiger partial charge in [-0.1, -0.05) is 37.3 Å². The normalized spacial score (nSPS) is 10.5. The summed E-state index contributed by atoms with van der Waals surface area (Å²) in [5.41, 5.74) is 2.50. The van der Waals surface area contributed by atoms with Crippen molar-refractivity contribution >= 4 is 11.3 Å². The molecular formula is C12H14N2S. The van der Waals surface area contributed by atoms with E-state index in [-0.39, 0.29) is 0 Å². The lowest BCUT2D eigenvalue weighted by atomic mass is 10.2. The minimum Gasteiger partial charge on any atom is -0.317 e. The molecule has 0 unspecified atom stereocenters. The van der Waals surface area contributed by atoms with Crippen molar-refractivity contribution in [2.75, 3.05) is 0 Å². The van der Waals surface area contributed by atoms with E-state index in [9.17, 15) is 0 Å². The van der Waals surface area contributed by atoms with Gasteiger partial charge in [0, 0.05) is 11.1 Å². The summed E-state index contributed by atoms with van der Waals surface area (Å²) in [7, 11) is 0. The lowest BCUT2D eigenvalue weighted by molar-refractivity contribution is 0.712. The molecule has 1 aromatic heterocycles. The first-order valence-corrected chi connectivity index (χ1v) is 5.95. The average Bonchev–Trinajstić information content (AvgIpc) is 2.62. The number of benzene rings is 1. The first kappa shape index (κ1) is 10.2. The zero-order chi connectivity index (χ0) is 10.7. The molecule has 0 atom stereocenters. The van der Waals surface area contributed by atoms with Gasteiger partial charge in [0.05, 0.1) is 6.54 Å². The monoisotopic (exact) mass is 218 g/mol. The summed E-state index contributed by atoms with van der Waals surface area (Å²) in [6.45, 7) is 2.94. The van der Waals surface area contributed by atoms with Gasteiger partial charge < -0.3 is 4.57 Å². The van der Waals surface area contributed by atoms with E-state index in [4.69, 9.17) is 5.41 Å². The number of nitrogens with one attached hydrogen (secondary N) is 1. The highest BCUT2D eigenvalue weighted by Gasteiger charge is 2.02. The summed E-state index contributed by atoms with van der Waals surface area (Å²) in [6.07, 6.45) is 0.988. The van der Waals surface area contributed by atoms with Crippen LogP contribution in [-0.2, 0) is 13.0 Å². The molecule has 0 radical (unpaired) electrons. The third-order valence-electron chi connectivity index (χ3n) is 2.44. The highest BCUT2D eigenvalue weighted by molar-refractivity contribution is 7.07. The molecule has 0 fully saturated rings. The fourth-order valence-electron chi connectivity index (χ4n) is 1.60. The molecule has 0 aliphatic heterocycles. The number of hydrogen-bond acceptors (Lipinski definition) is 2. The molecule has 78 valence electrons. The van der Waals surface area contributed by atoms with Gasteiger partial charge in [0.2, 0.25) is 0 Å². The fourth-order valence-corrected chi connectivity index (χ4v) is 2.45. The maximum atomic E-state index is 7.83. The highest BCUT2D eigenvalue weighted by atomic mass is 32.1. The van der Waals surface area contributed by atoms with Crippen LogP contribution in [0, 0.1) is 5.41 Å². The van der Waals surface area contributed by atoms with Crippen LogP contribution in [0.5, 0.6) is 0 Å². The molecule has 3 heteroatoms. The second-order valence-electron chi connectivity index (χ2n) is 3.46. The van der Waals surface area contributed by atoms with Gasteiger partial charge in [0.15, 0.2) is 4.80 Å². The topological polar surface area (TPSA) is 28.8 Å². The van der Waals surface area contributed by atoms with Crippen LogP contribution in [0.4, 0.5) is 0 Å². The van der Waals surface area contributed by atoms with Crippen molar-refractivity contribution in [3.05, 3.63) is 51.8 Å². The van der Waals surface area contributed by atoms with E-state index in [2.05, 4.69) is 29.0 Å². The number of nitrogens with zero attached hydrogens (tertiary/aromatic N) is 1. The van der Waals surface area contributed by atoms with Gasteiger partial charge in [0.1, 0.15) is 0 Å². The quantitative estimate of drug-likeness (QED) is 0.820. The highest BCUT2D eigenvalue weighted by Crippen LogP contribution is 2.07. The van der Waals surface area contributed by atoms with Crippen LogP contribution in [0.15, 0.2) is 35.7 Å². The number of aryl methyl sites for hydroxylation is 1. The van der Waals surface area contributed by atoms with E-state index in [1.54, 1.807) is 0 Å². The van der Waals surface area contributed by atoms with Gasteiger partial charge in [-0.05, 0) is 12.0 Å². The molecule has 0 aliphatic rings. The van der Waals surface area contributed by atoms with Crippen molar-refractivity contribution in [2.24, 2.45) is 0 Å². The summed E-state index contributed by atoms with van der Waals surface area (Å²) in [6, 6.07) is 10.3. The van der Waals surface area contributed by atoms with Gasteiger partial charge in [-0.2, -0.15) is 0 Å². The third-order valence-corrected chi connectivity index (χ3v) is 3.28. The summed E-state index contributed by atoms with van der Waals surface area (Å²) in [4.78, 5) is 0.635. The van der Waals surface area contributed by atoms with Gasteiger partial charge in [-0.15, -0.1) is 11.3 Å². The van der Waals surface area contributed by atoms with E-state index in [0.717, 1.165) is 13.0 Å². The van der Waals surface area contributed by atoms with E-state index in [1.165, 1.54) is 22.6 Å². The number of aromatic nitrogens is 1. The second-order valence-corrected chi connectivity index (χ2v) is 4.32. The SMILES string of the molecule is CCc1csc(=N)n1Cc1ccccc1. The molecule has 0 saturated heterocycles. The Bertz CT molecular complexity index is 482. The van der Waals surface area contributed by atoms with E-state index >= 15 is 0 Å². The molecule has 2 aromatic rings. The summed E-state index contributed by atoms with van der Waals surface area (Å²) in [5, 5.41) is 9.90. The van der Waals surface area contributed by atoms with Gasteiger partial charge in [0.25, 0.3) is 0 Å². The van der Waals surface area contributed by atoms with Crippen molar-refractivity contribution in [1.29, 1.82) is 5.41 Å². The maximum absolute atomic E-state index is 7.83. The average molecular weight is 218 g/mol. The first-order chi connectivity index (χ1) is 7.31. The summed E-state index contributed by atoms with van der Waals surface area (Å²) < 4.78 is 2.07. The number of rotatable bonds is 3. The molecule has 0 bridgehead atoms. The molecule has 0 saturated carbocycles. The minimum absolute atomic E-state index is 0.635. The lowest BCUT2D eigenvalue weighted by Gasteiger charge is -2.06. The molecule has 1 N–H and O–H groups in total. The molecule has 2 nitrogen and oxygen atoms in total. The zero-order valence-electron chi connectivity index (χ0n) is 8.73. The minimum atomic E-state index is 0.635. The Hall–Kier alpha value is -1.35. The molecular weight excluding hydrogens is 204 g/mol. The Morgan fingerprint density at radius 2 is 2.00 bits per heavy atom. The van der Waals surface area contributed by atoms with Crippen molar-refractivity contribution in [1.82, 2.24) is 4.57 Å². The Morgan fingerprint density at radius 1 is 1.27 bits per heavy atom. The Kier molecular flexibility index (Phi) is 3.02. The fraction of sp³-hybridized carbons (Fsp3) is 0.250. The van der Waals surface area contributed by atoms with Gasteiger partial charge in [-0.25, -0.2) is 0 Å². The Morgan fingerprint density at radius 3 is 2.67 bits per heavy atom.